The summed E-state index contributed by atoms with van der Waals surface area (Å²) in [5.41, 5.74) is 0.371. The molecule has 0 aliphatic carbocycles. The smallest absolute Gasteiger partial charge is 0.271 e. The molecule has 2 aliphatic rings. The molecule has 0 bridgehead atoms. The summed E-state index contributed by atoms with van der Waals surface area (Å²) in [7, 11) is 1.60. The van der Waals surface area contributed by atoms with Crippen molar-refractivity contribution in [2.24, 2.45) is 0 Å². The molecule has 1 N–H and O–H groups in total. The first-order valence-corrected chi connectivity index (χ1v) is 8.33. The van der Waals surface area contributed by atoms with Crippen molar-refractivity contribution in [2.45, 2.75) is 38.1 Å². The number of nitrogens with zero attached hydrogens (tertiary/aromatic N) is 4. The summed E-state index contributed by atoms with van der Waals surface area (Å²) in [6.07, 6.45) is 6.37. The molecule has 6 nitrogen and oxygen atoms in total. The van der Waals surface area contributed by atoms with Crippen molar-refractivity contribution in [3.05, 3.63) is 17.8 Å². The SMILES string of the molecule is CNC(=O)c1ccc(N2CCCC(N3CCCC3)CC2)nn1. The lowest BCUT2D eigenvalue weighted by atomic mass is 10.1. The maximum atomic E-state index is 11.5. The molecule has 22 heavy (non-hydrogen) atoms. The lowest BCUT2D eigenvalue weighted by Crippen LogP contribution is -2.34. The van der Waals surface area contributed by atoms with E-state index in [1.807, 2.05) is 6.07 Å². The summed E-state index contributed by atoms with van der Waals surface area (Å²) in [4.78, 5) is 16.5. The van der Waals surface area contributed by atoms with Crippen LogP contribution in [0.5, 0.6) is 0 Å². The molecule has 1 aromatic heterocycles. The number of hydrogen-bond acceptors (Lipinski definition) is 5. The van der Waals surface area contributed by atoms with Gasteiger partial charge in [-0.3, -0.25) is 4.79 Å². The number of nitrogens with one attached hydrogen (secondary N) is 1. The molecule has 2 fully saturated rings. The van der Waals surface area contributed by atoms with E-state index >= 15 is 0 Å². The Balaban J connectivity index is 1.61. The Kier molecular flexibility index (Phi) is 4.87. The van der Waals surface area contributed by atoms with Crippen molar-refractivity contribution < 1.29 is 4.79 Å². The Bertz CT molecular complexity index is 498. The average molecular weight is 303 g/mol. The molecule has 0 aromatic carbocycles. The van der Waals surface area contributed by atoms with Gasteiger partial charge < -0.3 is 15.1 Å². The van der Waals surface area contributed by atoms with E-state index in [1.165, 1.54) is 45.2 Å². The third kappa shape index (κ3) is 3.38. The summed E-state index contributed by atoms with van der Waals surface area (Å²) < 4.78 is 0. The summed E-state index contributed by atoms with van der Waals surface area (Å²) in [6, 6.07) is 4.39. The number of carbonyl (C=O) groups excluding carboxylic acids is 1. The van der Waals surface area contributed by atoms with Crippen LogP contribution < -0.4 is 10.2 Å². The van der Waals surface area contributed by atoms with E-state index in [2.05, 4.69) is 25.3 Å². The number of likely N-dealkylation sites (tertiary alicyclic amines) is 1. The highest BCUT2D eigenvalue weighted by Crippen LogP contribution is 2.23. The van der Waals surface area contributed by atoms with Crippen LogP contribution in [0.3, 0.4) is 0 Å². The van der Waals surface area contributed by atoms with Gasteiger partial charge in [-0.05, 0) is 57.3 Å². The van der Waals surface area contributed by atoms with E-state index in [4.69, 9.17) is 0 Å². The molecule has 3 heterocycles. The van der Waals surface area contributed by atoms with Crippen molar-refractivity contribution in [1.29, 1.82) is 0 Å². The molecular weight excluding hydrogens is 278 g/mol. The molecule has 2 aliphatic heterocycles. The first-order valence-electron chi connectivity index (χ1n) is 8.33. The van der Waals surface area contributed by atoms with Gasteiger partial charge in [-0.15, -0.1) is 10.2 Å². The highest BCUT2D eigenvalue weighted by Gasteiger charge is 2.25. The van der Waals surface area contributed by atoms with Gasteiger partial charge in [0.15, 0.2) is 11.5 Å². The van der Waals surface area contributed by atoms with E-state index in [1.54, 1.807) is 13.1 Å². The highest BCUT2D eigenvalue weighted by molar-refractivity contribution is 5.91. The van der Waals surface area contributed by atoms with Gasteiger partial charge in [-0.1, -0.05) is 0 Å². The summed E-state index contributed by atoms with van der Waals surface area (Å²) in [6.45, 7) is 4.59. The monoisotopic (exact) mass is 303 g/mol. The summed E-state index contributed by atoms with van der Waals surface area (Å²) in [5, 5.41) is 10.8. The molecule has 1 unspecified atom stereocenters. The van der Waals surface area contributed by atoms with Crippen LogP contribution in [0.15, 0.2) is 12.1 Å². The molecule has 120 valence electrons. The fourth-order valence-corrected chi connectivity index (χ4v) is 3.52. The summed E-state index contributed by atoms with van der Waals surface area (Å²) >= 11 is 0. The van der Waals surface area contributed by atoms with E-state index < -0.39 is 0 Å². The third-order valence-corrected chi connectivity index (χ3v) is 4.79. The topological polar surface area (TPSA) is 61.4 Å². The number of amides is 1. The molecule has 1 aromatic rings. The maximum absolute atomic E-state index is 11.5. The molecule has 0 spiro atoms. The van der Waals surface area contributed by atoms with Crippen LogP contribution in [-0.4, -0.2) is 60.3 Å². The second kappa shape index (κ2) is 7.05. The van der Waals surface area contributed by atoms with Crippen LogP contribution >= 0.6 is 0 Å². The van der Waals surface area contributed by atoms with Crippen molar-refractivity contribution >= 4 is 11.7 Å². The Morgan fingerprint density at radius 3 is 2.59 bits per heavy atom. The minimum Gasteiger partial charge on any atom is -0.355 e. The van der Waals surface area contributed by atoms with Crippen LogP contribution in [0.1, 0.15) is 42.6 Å². The average Bonchev–Trinajstić information content (AvgIpc) is 2.99. The zero-order valence-electron chi connectivity index (χ0n) is 13.3. The van der Waals surface area contributed by atoms with Gasteiger partial charge in [0.1, 0.15) is 0 Å². The van der Waals surface area contributed by atoms with Gasteiger partial charge in [0.05, 0.1) is 0 Å². The maximum Gasteiger partial charge on any atom is 0.271 e. The largest absolute Gasteiger partial charge is 0.355 e. The van der Waals surface area contributed by atoms with Crippen molar-refractivity contribution in [3.63, 3.8) is 0 Å². The quantitative estimate of drug-likeness (QED) is 0.912. The molecule has 0 saturated carbocycles. The Hall–Kier alpha value is -1.69. The van der Waals surface area contributed by atoms with Gasteiger partial charge in [0.25, 0.3) is 5.91 Å². The molecule has 0 radical (unpaired) electrons. The van der Waals surface area contributed by atoms with Gasteiger partial charge in [-0.25, -0.2) is 0 Å². The van der Waals surface area contributed by atoms with Crippen molar-refractivity contribution in [1.82, 2.24) is 20.4 Å². The van der Waals surface area contributed by atoms with Crippen molar-refractivity contribution in [2.75, 3.05) is 38.1 Å². The first-order chi connectivity index (χ1) is 10.8. The zero-order valence-corrected chi connectivity index (χ0v) is 13.3. The second-order valence-corrected chi connectivity index (χ2v) is 6.17. The zero-order chi connectivity index (χ0) is 15.4. The second-order valence-electron chi connectivity index (χ2n) is 6.17. The van der Waals surface area contributed by atoms with E-state index in [9.17, 15) is 4.79 Å². The Morgan fingerprint density at radius 1 is 1.09 bits per heavy atom. The predicted molar refractivity (Wildman–Crippen MR) is 86.1 cm³/mol. The van der Waals surface area contributed by atoms with Crippen LogP contribution in [0.25, 0.3) is 0 Å². The number of hydrogen-bond donors (Lipinski definition) is 1. The van der Waals surface area contributed by atoms with E-state index in [0.717, 1.165) is 24.9 Å². The van der Waals surface area contributed by atoms with Crippen LogP contribution in [-0.2, 0) is 0 Å². The minimum absolute atomic E-state index is 0.191. The number of aromatic nitrogens is 2. The van der Waals surface area contributed by atoms with Gasteiger partial charge >= 0.3 is 0 Å². The lowest BCUT2D eigenvalue weighted by Gasteiger charge is -2.26. The fourth-order valence-electron chi connectivity index (χ4n) is 3.52. The Morgan fingerprint density at radius 2 is 1.91 bits per heavy atom. The Labute approximate surface area is 131 Å². The molecule has 2 saturated heterocycles. The standard InChI is InChI=1S/C16H25N5O/c1-17-16(22)14-6-7-15(19-18-14)21-11-4-5-13(8-12-21)20-9-2-3-10-20/h6-7,13H,2-5,8-12H2,1H3,(H,17,22). The number of carbonyl (C=O) groups is 1. The first kappa shape index (κ1) is 15.2. The summed E-state index contributed by atoms with van der Waals surface area (Å²) in [5.74, 6) is 0.693. The molecule has 6 heteroatoms. The number of anilines is 1. The lowest BCUT2D eigenvalue weighted by molar-refractivity contribution is 0.0957. The van der Waals surface area contributed by atoms with Gasteiger partial charge in [-0.2, -0.15) is 0 Å². The third-order valence-electron chi connectivity index (χ3n) is 4.79. The van der Waals surface area contributed by atoms with Crippen molar-refractivity contribution in [3.8, 4) is 0 Å². The normalized spacial score (nSPS) is 23.3. The number of rotatable bonds is 3. The van der Waals surface area contributed by atoms with Crippen LogP contribution in [0, 0.1) is 0 Å². The van der Waals surface area contributed by atoms with Gasteiger partial charge in [0.2, 0.25) is 0 Å². The predicted octanol–water partition coefficient (Wildman–Crippen LogP) is 1.29. The highest BCUT2D eigenvalue weighted by atomic mass is 16.1. The van der Waals surface area contributed by atoms with Crippen LogP contribution in [0.2, 0.25) is 0 Å². The molecular formula is C16H25N5O. The fraction of sp³-hybridized carbons (Fsp3) is 0.688. The molecule has 3 rings (SSSR count). The van der Waals surface area contributed by atoms with Crippen LogP contribution in [0.4, 0.5) is 5.82 Å². The molecule has 1 amide bonds. The van der Waals surface area contributed by atoms with E-state index in [-0.39, 0.29) is 5.91 Å². The molecule has 1 atom stereocenters. The minimum atomic E-state index is -0.191. The van der Waals surface area contributed by atoms with Gasteiger partial charge in [0, 0.05) is 26.2 Å². The van der Waals surface area contributed by atoms with E-state index in [0.29, 0.717) is 5.69 Å².